The number of nitrogens with zero attached hydrogens (tertiary/aromatic N) is 3. The van der Waals surface area contributed by atoms with Gasteiger partial charge in [0, 0.05) is 43.9 Å². The van der Waals surface area contributed by atoms with Gasteiger partial charge >= 0.3 is 0 Å². The van der Waals surface area contributed by atoms with Crippen molar-refractivity contribution in [3.8, 4) is 0 Å². The Balaban J connectivity index is 0.00000338. The van der Waals surface area contributed by atoms with Crippen LogP contribution in [0.4, 0.5) is 0 Å². The number of hydrogen-bond donors (Lipinski definition) is 1. The summed E-state index contributed by atoms with van der Waals surface area (Å²) in [7, 11) is 6.35. The third-order valence-corrected chi connectivity index (χ3v) is 5.14. The average Bonchev–Trinajstić information content (AvgIpc) is 2.59. The van der Waals surface area contributed by atoms with Crippen molar-refractivity contribution in [1.29, 1.82) is 0 Å². The minimum absolute atomic E-state index is 0. The number of halogens is 2. The summed E-state index contributed by atoms with van der Waals surface area (Å²) in [6, 6.07) is 7.97. The standard InChI is InChI=1S/C19H31ClN4O.HI/c1-5-21-18(24(4)14-16-7-6-8-17(20)13-16)22-15-19(23(2)3)9-11-25-12-10-19;/h6-8,13H,5,9-12,14-15H2,1-4H3,(H,21,22);1H. The van der Waals surface area contributed by atoms with Crippen LogP contribution in [0.5, 0.6) is 0 Å². The van der Waals surface area contributed by atoms with Gasteiger partial charge < -0.3 is 19.9 Å². The van der Waals surface area contributed by atoms with E-state index in [0.717, 1.165) is 56.7 Å². The van der Waals surface area contributed by atoms with E-state index >= 15 is 0 Å². The Morgan fingerprint density at radius 2 is 1.96 bits per heavy atom. The fraction of sp³-hybridized carbons (Fsp3) is 0.632. The lowest BCUT2D eigenvalue weighted by molar-refractivity contribution is -0.00262. The van der Waals surface area contributed by atoms with Crippen molar-refractivity contribution in [1.82, 2.24) is 15.1 Å². The van der Waals surface area contributed by atoms with Gasteiger partial charge in [0.1, 0.15) is 0 Å². The summed E-state index contributed by atoms with van der Waals surface area (Å²) in [5.41, 5.74) is 1.25. The van der Waals surface area contributed by atoms with Gasteiger partial charge in [-0.3, -0.25) is 4.99 Å². The molecule has 1 fully saturated rings. The molecule has 5 nitrogen and oxygen atoms in total. The number of rotatable bonds is 6. The average molecular weight is 495 g/mol. The van der Waals surface area contributed by atoms with E-state index in [1.807, 2.05) is 18.2 Å². The maximum absolute atomic E-state index is 6.10. The lowest BCUT2D eigenvalue weighted by atomic mass is 9.89. The van der Waals surface area contributed by atoms with Crippen LogP contribution in [0.15, 0.2) is 29.3 Å². The minimum Gasteiger partial charge on any atom is -0.381 e. The van der Waals surface area contributed by atoms with Gasteiger partial charge in [0.05, 0.1) is 6.54 Å². The zero-order valence-corrected chi connectivity index (χ0v) is 19.4. The molecule has 148 valence electrons. The van der Waals surface area contributed by atoms with E-state index in [4.69, 9.17) is 21.3 Å². The molecule has 0 radical (unpaired) electrons. The molecule has 2 rings (SSSR count). The Morgan fingerprint density at radius 3 is 2.54 bits per heavy atom. The molecule has 0 unspecified atom stereocenters. The van der Waals surface area contributed by atoms with Crippen LogP contribution in [0.1, 0.15) is 25.3 Å². The Kier molecular flexibility index (Phi) is 10.2. The highest BCUT2D eigenvalue weighted by Crippen LogP contribution is 2.26. The van der Waals surface area contributed by atoms with E-state index in [-0.39, 0.29) is 29.5 Å². The first-order valence-electron chi connectivity index (χ1n) is 8.96. The Bertz CT molecular complexity index is 576. The summed E-state index contributed by atoms with van der Waals surface area (Å²) < 4.78 is 5.55. The van der Waals surface area contributed by atoms with Crippen LogP contribution in [0, 0.1) is 0 Å². The summed E-state index contributed by atoms with van der Waals surface area (Å²) in [6.45, 7) is 6.09. The van der Waals surface area contributed by atoms with Crippen molar-refractivity contribution in [2.45, 2.75) is 31.8 Å². The fourth-order valence-corrected chi connectivity index (χ4v) is 3.39. The lowest BCUT2D eigenvalue weighted by Crippen LogP contribution is -2.51. The number of ether oxygens (including phenoxy) is 1. The predicted molar refractivity (Wildman–Crippen MR) is 121 cm³/mol. The van der Waals surface area contributed by atoms with Gasteiger partial charge in [0.15, 0.2) is 5.96 Å². The van der Waals surface area contributed by atoms with Crippen LogP contribution in [0.2, 0.25) is 5.02 Å². The molecule has 0 spiro atoms. The zero-order chi connectivity index (χ0) is 18.3. The van der Waals surface area contributed by atoms with E-state index < -0.39 is 0 Å². The van der Waals surface area contributed by atoms with Crippen molar-refractivity contribution >= 4 is 41.5 Å². The van der Waals surface area contributed by atoms with Crippen LogP contribution in [-0.4, -0.2) is 68.7 Å². The predicted octanol–water partition coefficient (Wildman–Crippen LogP) is 3.47. The van der Waals surface area contributed by atoms with Crippen molar-refractivity contribution in [2.24, 2.45) is 4.99 Å². The molecule has 1 aliphatic rings. The summed E-state index contributed by atoms with van der Waals surface area (Å²) in [4.78, 5) is 9.41. The number of hydrogen-bond acceptors (Lipinski definition) is 3. The summed E-state index contributed by atoms with van der Waals surface area (Å²) in [5, 5.41) is 4.17. The maximum Gasteiger partial charge on any atom is 0.194 e. The second-order valence-electron chi connectivity index (χ2n) is 6.89. The molecule has 0 saturated carbocycles. The topological polar surface area (TPSA) is 40.1 Å². The van der Waals surface area contributed by atoms with Crippen LogP contribution in [-0.2, 0) is 11.3 Å². The van der Waals surface area contributed by atoms with Crippen LogP contribution >= 0.6 is 35.6 Å². The third kappa shape index (κ3) is 6.55. The van der Waals surface area contributed by atoms with Gasteiger partial charge in [-0.1, -0.05) is 23.7 Å². The number of benzene rings is 1. The van der Waals surface area contributed by atoms with E-state index in [0.29, 0.717) is 0 Å². The second-order valence-corrected chi connectivity index (χ2v) is 7.32. The highest BCUT2D eigenvalue weighted by molar-refractivity contribution is 14.0. The summed E-state index contributed by atoms with van der Waals surface area (Å²) in [6.07, 6.45) is 2.03. The van der Waals surface area contributed by atoms with E-state index in [2.05, 4.69) is 49.2 Å². The summed E-state index contributed by atoms with van der Waals surface area (Å²) >= 11 is 6.10. The smallest absolute Gasteiger partial charge is 0.194 e. The van der Waals surface area contributed by atoms with Crippen LogP contribution < -0.4 is 5.32 Å². The molecular formula is C19H32ClIN4O. The lowest BCUT2D eigenvalue weighted by Gasteiger charge is -2.42. The SMILES string of the molecule is CCNC(=NCC1(N(C)C)CCOCC1)N(C)Cc1cccc(Cl)c1.I. The quantitative estimate of drug-likeness (QED) is 0.373. The van der Waals surface area contributed by atoms with Crippen molar-refractivity contribution in [3.63, 3.8) is 0 Å². The van der Waals surface area contributed by atoms with Crippen LogP contribution in [0.25, 0.3) is 0 Å². The van der Waals surface area contributed by atoms with Gasteiger partial charge in [0.2, 0.25) is 0 Å². The highest BCUT2D eigenvalue weighted by atomic mass is 127. The second kappa shape index (κ2) is 11.3. The van der Waals surface area contributed by atoms with Gasteiger partial charge in [0.25, 0.3) is 0 Å². The minimum atomic E-state index is 0. The molecule has 7 heteroatoms. The van der Waals surface area contributed by atoms with Crippen molar-refractivity contribution < 1.29 is 4.74 Å². The number of likely N-dealkylation sites (N-methyl/N-ethyl adjacent to an activating group) is 1. The largest absolute Gasteiger partial charge is 0.381 e. The first-order chi connectivity index (χ1) is 12.0. The molecule has 1 aliphatic heterocycles. The van der Waals surface area contributed by atoms with Crippen LogP contribution in [0.3, 0.4) is 0 Å². The molecule has 0 aliphatic carbocycles. The molecule has 26 heavy (non-hydrogen) atoms. The van der Waals surface area contributed by atoms with Gasteiger partial charge in [-0.2, -0.15) is 0 Å². The molecule has 1 saturated heterocycles. The van der Waals surface area contributed by atoms with Gasteiger partial charge in [-0.15, -0.1) is 24.0 Å². The van der Waals surface area contributed by atoms with Gasteiger partial charge in [-0.25, -0.2) is 0 Å². The van der Waals surface area contributed by atoms with E-state index in [1.165, 1.54) is 5.56 Å². The van der Waals surface area contributed by atoms with Crippen molar-refractivity contribution in [2.75, 3.05) is 47.4 Å². The normalized spacial score (nSPS) is 16.9. The Morgan fingerprint density at radius 1 is 1.27 bits per heavy atom. The molecule has 0 amide bonds. The highest BCUT2D eigenvalue weighted by Gasteiger charge is 2.34. The van der Waals surface area contributed by atoms with Gasteiger partial charge in [-0.05, 0) is 51.6 Å². The van der Waals surface area contributed by atoms with Crippen molar-refractivity contribution in [3.05, 3.63) is 34.9 Å². The molecule has 0 bridgehead atoms. The molecule has 1 heterocycles. The number of nitrogens with one attached hydrogen (secondary N) is 1. The molecule has 1 aromatic carbocycles. The molecule has 1 aromatic rings. The number of guanidine groups is 1. The maximum atomic E-state index is 6.10. The first-order valence-corrected chi connectivity index (χ1v) is 9.34. The molecule has 0 atom stereocenters. The third-order valence-electron chi connectivity index (χ3n) is 4.90. The first kappa shape index (κ1) is 23.5. The monoisotopic (exact) mass is 494 g/mol. The molecule has 0 aromatic heterocycles. The Labute approximate surface area is 180 Å². The Hall–Kier alpha value is -0.570. The van der Waals surface area contributed by atoms with E-state index in [9.17, 15) is 0 Å². The van der Waals surface area contributed by atoms with E-state index in [1.54, 1.807) is 0 Å². The summed E-state index contributed by atoms with van der Waals surface area (Å²) in [5.74, 6) is 0.926. The number of aliphatic imine (C=N–C) groups is 1. The fourth-order valence-electron chi connectivity index (χ4n) is 3.17. The zero-order valence-electron chi connectivity index (χ0n) is 16.3. The molecule has 1 N–H and O–H groups in total. The molecular weight excluding hydrogens is 463 g/mol.